The van der Waals surface area contributed by atoms with Gasteiger partial charge in [-0.15, -0.1) is 11.8 Å². The summed E-state index contributed by atoms with van der Waals surface area (Å²) in [7, 11) is 0. The predicted molar refractivity (Wildman–Crippen MR) is 122 cm³/mol. The molecule has 0 bridgehead atoms. The van der Waals surface area contributed by atoms with Gasteiger partial charge in [-0.1, -0.05) is 19.4 Å². The first-order valence-electron chi connectivity index (χ1n) is 11.8. The van der Waals surface area contributed by atoms with Crippen molar-refractivity contribution in [1.82, 2.24) is 0 Å². The van der Waals surface area contributed by atoms with Gasteiger partial charge in [0.05, 0.1) is 12.0 Å². The summed E-state index contributed by atoms with van der Waals surface area (Å²) in [5.41, 5.74) is -0.541. The van der Waals surface area contributed by atoms with Crippen LogP contribution in [0.25, 0.3) is 0 Å². The minimum absolute atomic E-state index is 0.0913. The highest BCUT2D eigenvalue weighted by Gasteiger charge is 2.69. The average Bonchev–Trinajstić information content (AvgIpc) is 3.03. The Morgan fingerprint density at radius 1 is 1.22 bits per heavy atom. The SMILES string of the molecule is CSCO[C@]1(C(=O)COC(C)=O)CC[C@H]2[C@@H]3CCC4=CC(=O)CC[C@]4(C)[C@H]3C(O)C[C@@]21C. The highest BCUT2D eigenvalue weighted by atomic mass is 32.2. The molecule has 0 spiro atoms. The standard InChI is InChI=1S/C25H36O6S/c1-15(26)30-13-21(29)25(31-14-32-4)10-8-19-18-6-5-16-11-17(27)7-9-23(16,2)22(18)20(28)12-24(19,25)3/h11,18-20,22,28H,5-10,12-14H2,1-4H3/t18-,19-,20?,22+,23-,24-,25-/m0/s1. The van der Waals surface area contributed by atoms with Gasteiger partial charge >= 0.3 is 5.97 Å². The second kappa shape index (κ2) is 8.55. The Bertz CT molecular complexity index is 838. The quantitative estimate of drug-likeness (QED) is 0.473. The predicted octanol–water partition coefficient (Wildman–Crippen LogP) is 3.70. The Labute approximate surface area is 194 Å². The van der Waals surface area contributed by atoms with Crippen LogP contribution >= 0.6 is 11.8 Å². The van der Waals surface area contributed by atoms with Crippen molar-refractivity contribution in [3.8, 4) is 0 Å². The molecule has 0 amide bonds. The summed E-state index contributed by atoms with van der Waals surface area (Å²) in [4.78, 5) is 37.0. The molecule has 6 nitrogen and oxygen atoms in total. The van der Waals surface area contributed by atoms with Crippen molar-refractivity contribution >= 4 is 29.3 Å². The number of aliphatic hydroxyl groups is 1. The van der Waals surface area contributed by atoms with Crippen LogP contribution in [0.3, 0.4) is 0 Å². The van der Waals surface area contributed by atoms with Crippen LogP contribution in [0, 0.1) is 28.6 Å². The zero-order valence-corrected chi connectivity index (χ0v) is 20.5. The second-order valence-electron chi connectivity index (χ2n) is 10.7. The number of carbonyl (C=O) groups is 3. The molecule has 7 heteroatoms. The van der Waals surface area contributed by atoms with Gasteiger partial charge in [-0.2, -0.15) is 0 Å². The van der Waals surface area contributed by atoms with Crippen molar-refractivity contribution in [3.05, 3.63) is 11.6 Å². The number of aliphatic hydroxyl groups excluding tert-OH is 1. The molecule has 32 heavy (non-hydrogen) atoms. The summed E-state index contributed by atoms with van der Waals surface area (Å²) >= 11 is 1.52. The van der Waals surface area contributed by atoms with E-state index in [4.69, 9.17) is 9.47 Å². The molecule has 0 saturated heterocycles. The van der Waals surface area contributed by atoms with Crippen LogP contribution in [0.5, 0.6) is 0 Å². The number of allylic oxidation sites excluding steroid dienone is 1. The van der Waals surface area contributed by atoms with Gasteiger partial charge < -0.3 is 14.6 Å². The van der Waals surface area contributed by atoms with E-state index < -0.39 is 23.1 Å². The van der Waals surface area contributed by atoms with E-state index in [2.05, 4.69) is 13.8 Å². The van der Waals surface area contributed by atoms with Crippen molar-refractivity contribution in [1.29, 1.82) is 0 Å². The van der Waals surface area contributed by atoms with Crippen LogP contribution in [0.15, 0.2) is 11.6 Å². The third kappa shape index (κ3) is 3.50. The molecule has 3 fully saturated rings. The molecule has 1 N–H and O–H groups in total. The highest BCUT2D eigenvalue weighted by molar-refractivity contribution is 7.98. The van der Waals surface area contributed by atoms with Gasteiger partial charge in [-0.05, 0) is 74.0 Å². The maximum absolute atomic E-state index is 13.5. The van der Waals surface area contributed by atoms with Gasteiger partial charge in [0.2, 0.25) is 5.78 Å². The molecule has 0 aliphatic heterocycles. The Morgan fingerprint density at radius 2 is 1.97 bits per heavy atom. The Morgan fingerprint density at radius 3 is 2.66 bits per heavy atom. The molecule has 4 rings (SSSR count). The third-order valence-electron chi connectivity index (χ3n) is 9.30. The Hall–Kier alpha value is -1.18. The van der Waals surface area contributed by atoms with E-state index >= 15 is 0 Å². The van der Waals surface area contributed by atoms with Crippen LogP contribution in [-0.4, -0.2) is 53.1 Å². The maximum atomic E-state index is 13.5. The van der Waals surface area contributed by atoms with E-state index in [9.17, 15) is 19.5 Å². The topological polar surface area (TPSA) is 89.9 Å². The van der Waals surface area contributed by atoms with Crippen LogP contribution in [-0.2, 0) is 23.9 Å². The molecule has 0 radical (unpaired) electrons. The lowest BCUT2D eigenvalue weighted by Gasteiger charge is -2.61. The molecule has 178 valence electrons. The van der Waals surface area contributed by atoms with Gasteiger partial charge in [-0.25, -0.2) is 0 Å². The summed E-state index contributed by atoms with van der Waals surface area (Å²) in [6.45, 7) is 5.35. The zero-order valence-electron chi connectivity index (χ0n) is 19.6. The fourth-order valence-corrected chi connectivity index (χ4v) is 8.21. The number of ketones is 2. The highest BCUT2D eigenvalue weighted by Crippen LogP contribution is 2.68. The zero-order chi connectivity index (χ0) is 23.3. The lowest BCUT2D eigenvalue weighted by atomic mass is 9.45. The van der Waals surface area contributed by atoms with Gasteiger partial charge in [-0.3, -0.25) is 14.4 Å². The van der Waals surface area contributed by atoms with E-state index in [1.807, 2.05) is 12.3 Å². The van der Waals surface area contributed by atoms with Crippen molar-refractivity contribution in [2.24, 2.45) is 28.6 Å². The average molecular weight is 465 g/mol. The van der Waals surface area contributed by atoms with Crippen molar-refractivity contribution in [2.45, 2.75) is 77.4 Å². The molecule has 4 aliphatic rings. The summed E-state index contributed by atoms with van der Waals surface area (Å²) in [6.07, 6.45) is 8.26. The number of ether oxygens (including phenoxy) is 2. The number of fused-ring (bicyclic) bond motifs is 5. The van der Waals surface area contributed by atoms with E-state index in [0.717, 1.165) is 25.7 Å². The largest absolute Gasteiger partial charge is 0.458 e. The summed E-state index contributed by atoms with van der Waals surface area (Å²) < 4.78 is 11.4. The van der Waals surface area contributed by atoms with Crippen LogP contribution < -0.4 is 0 Å². The summed E-state index contributed by atoms with van der Waals surface area (Å²) in [5, 5.41) is 11.6. The molecule has 3 saturated carbocycles. The van der Waals surface area contributed by atoms with Gasteiger partial charge in [0.15, 0.2) is 12.4 Å². The number of rotatable bonds is 6. The maximum Gasteiger partial charge on any atom is 0.303 e. The number of hydrogen-bond donors (Lipinski definition) is 1. The minimum atomic E-state index is -1.05. The summed E-state index contributed by atoms with van der Waals surface area (Å²) in [5.74, 6) is 0.526. The Balaban J connectivity index is 1.69. The monoisotopic (exact) mass is 464 g/mol. The van der Waals surface area contributed by atoms with Crippen LogP contribution in [0.2, 0.25) is 0 Å². The number of carbonyl (C=O) groups excluding carboxylic acids is 3. The van der Waals surface area contributed by atoms with Gasteiger partial charge in [0, 0.05) is 18.8 Å². The van der Waals surface area contributed by atoms with Crippen LogP contribution in [0.1, 0.15) is 65.7 Å². The van der Waals surface area contributed by atoms with Gasteiger partial charge in [0.25, 0.3) is 0 Å². The molecule has 0 aromatic heterocycles. The third-order valence-corrected chi connectivity index (χ3v) is 9.65. The molecule has 1 unspecified atom stereocenters. The summed E-state index contributed by atoms with van der Waals surface area (Å²) in [6, 6.07) is 0. The van der Waals surface area contributed by atoms with Gasteiger partial charge in [0.1, 0.15) is 5.60 Å². The number of Topliss-reactive ketones (excluding diaryl/α,β-unsaturated/α-hetero) is 1. The second-order valence-corrected chi connectivity index (χ2v) is 11.5. The first-order chi connectivity index (χ1) is 15.1. The first-order valence-corrected chi connectivity index (χ1v) is 13.2. The fraction of sp³-hybridized carbons (Fsp3) is 0.800. The minimum Gasteiger partial charge on any atom is -0.458 e. The van der Waals surface area contributed by atoms with E-state index in [1.54, 1.807) is 0 Å². The Kier molecular flexibility index (Phi) is 6.40. The molecular weight excluding hydrogens is 428 g/mol. The van der Waals surface area contributed by atoms with Crippen LogP contribution in [0.4, 0.5) is 0 Å². The lowest BCUT2D eigenvalue weighted by Crippen LogP contribution is -2.63. The molecular formula is C25H36O6S. The molecule has 0 aromatic carbocycles. The number of thioether (sulfide) groups is 1. The van der Waals surface area contributed by atoms with E-state index in [-0.39, 0.29) is 41.3 Å². The smallest absolute Gasteiger partial charge is 0.303 e. The molecule has 4 aliphatic carbocycles. The molecule has 7 atom stereocenters. The normalized spacial score (nSPS) is 43.0. The number of esters is 1. The molecule has 0 aromatic rings. The first kappa shape index (κ1) is 24.0. The fourth-order valence-electron chi connectivity index (χ4n) is 7.89. The van der Waals surface area contributed by atoms with Crippen molar-refractivity contribution < 1.29 is 29.0 Å². The number of hydrogen-bond acceptors (Lipinski definition) is 7. The van der Waals surface area contributed by atoms with E-state index in [1.165, 1.54) is 24.3 Å². The van der Waals surface area contributed by atoms with Crippen molar-refractivity contribution in [3.63, 3.8) is 0 Å². The van der Waals surface area contributed by atoms with E-state index in [0.29, 0.717) is 25.2 Å². The van der Waals surface area contributed by atoms with Crippen molar-refractivity contribution in [2.75, 3.05) is 18.8 Å². The lowest BCUT2D eigenvalue weighted by molar-refractivity contribution is -0.192. The molecule has 0 heterocycles.